The molecule has 1 aromatic rings. The van der Waals surface area contributed by atoms with Gasteiger partial charge in [0.2, 0.25) is 0 Å². The summed E-state index contributed by atoms with van der Waals surface area (Å²) in [5.41, 5.74) is 4.08. The predicted octanol–water partition coefficient (Wildman–Crippen LogP) is 9.90. The summed E-state index contributed by atoms with van der Waals surface area (Å²) >= 11 is 0. The number of esters is 1. The first-order chi connectivity index (χ1) is 18.2. The van der Waals surface area contributed by atoms with Crippen molar-refractivity contribution in [2.45, 2.75) is 111 Å². The normalized spacial score (nSPS) is 37.0. The summed E-state index contributed by atoms with van der Waals surface area (Å²) in [5.74, 6) is 4.96. The van der Waals surface area contributed by atoms with Crippen LogP contribution in [-0.2, 0) is 4.74 Å². The number of hydrogen-bond donors (Lipinski definition) is 0. The molecule has 4 aliphatic carbocycles. The van der Waals surface area contributed by atoms with Crippen LogP contribution in [0.25, 0.3) is 6.08 Å². The molecular weight excluding hydrogens is 464 g/mol. The van der Waals surface area contributed by atoms with E-state index in [9.17, 15) is 4.79 Å². The zero-order chi connectivity index (χ0) is 27.1. The fourth-order valence-electron chi connectivity index (χ4n) is 9.73. The molecule has 0 amide bonds. The first-order valence-corrected chi connectivity index (χ1v) is 15.8. The van der Waals surface area contributed by atoms with Crippen molar-refractivity contribution in [1.82, 2.24) is 0 Å². The second-order valence-corrected chi connectivity index (χ2v) is 14.4. The minimum atomic E-state index is -0.184. The van der Waals surface area contributed by atoms with E-state index in [0.717, 1.165) is 60.3 Å². The molecule has 2 nitrogen and oxygen atoms in total. The fraction of sp³-hybridized carbons (Fsp3) is 0.694. The van der Waals surface area contributed by atoms with Crippen LogP contribution in [0.5, 0.6) is 0 Å². The Bertz CT molecular complexity index is 1030. The van der Waals surface area contributed by atoms with Gasteiger partial charge in [-0.05, 0) is 109 Å². The summed E-state index contributed by atoms with van der Waals surface area (Å²) < 4.78 is 6.05. The van der Waals surface area contributed by atoms with Gasteiger partial charge in [0.15, 0.2) is 0 Å². The van der Waals surface area contributed by atoms with Gasteiger partial charge in [-0.15, -0.1) is 0 Å². The first-order valence-electron chi connectivity index (χ1n) is 15.8. The molecule has 8 atom stereocenters. The second kappa shape index (κ2) is 11.0. The standard InChI is InChI=1S/C36H52O2/c1-7-26-11-13-27(14-12-26)34(37)38-29-19-21-35(5)28(23-29)15-16-30-32-18-17-31(25(4)10-8-9-24(2)3)36(32,6)22-20-33(30)35/h7,11-15,24-25,29-33H,1,8-10,16-23H2,2-6H3/t25-,29-,30+,31+,32+,33+,35+,36-/m1/s1. The molecule has 5 rings (SSSR count). The van der Waals surface area contributed by atoms with E-state index in [1.807, 2.05) is 24.3 Å². The topological polar surface area (TPSA) is 26.3 Å². The lowest BCUT2D eigenvalue weighted by atomic mass is 9.47. The lowest BCUT2D eigenvalue weighted by molar-refractivity contribution is -0.0594. The molecule has 38 heavy (non-hydrogen) atoms. The fourth-order valence-corrected chi connectivity index (χ4v) is 9.73. The van der Waals surface area contributed by atoms with Gasteiger partial charge in [0, 0.05) is 6.42 Å². The van der Waals surface area contributed by atoms with Crippen molar-refractivity contribution >= 4 is 12.0 Å². The van der Waals surface area contributed by atoms with Crippen LogP contribution in [0.4, 0.5) is 0 Å². The third-order valence-electron chi connectivity index (χ3n) is 11.9. The van der Waals surface area contributed by atoms with Crippen molar-refractivity contribution in [3.05, 3.63) is 53.6 Å². The maximum Gasteiger partial charge on any atom is 0.338 e. The zero-order valence-electron chi connectivity index (χ0n) is 24.8. The van der Waals surface area contributed by atoms with E-state index >= 15 is 0 Å². The number of carbonyl (C=O) groups is 1. The molecule has 1 aromatic carbocycles. The number of benzene rings is 1. The molecule has 0 N–H and O–H groups in total. The Hall–Kier alpha value is -1.83. The summed E-state index contributed by atoms with van der Waals surface area (Å²) in [6.45, 7) is 16.3. The van der Waals surface area contributed by atoms with Gasteiger partial charge in [-0.1, -0.05) is 90.3 Å². The Morgan fingerprint density at radius 2 is 1.79 bits per heavy atom. The monoisotopic (exact) mass is 516 g/mol. The van der Waals surface area contributed by atoms with Crippen molar-refractivity contribution in [2.75, 3.05) is 0 Å². The highest BCUT2D eigenvalue weighted by Crippen LogP contribution is 2.67. The second-order valence-electron chi connectivity index (χ2n) is 14.4. The number of hydrogen-bond acceptors (Lipinski definition) is 2. The maximum absolute atomic E-state index is 12.9. The van der Waals surface area contributed by atoms with E-state index in [1.54, 1.807) is 11.6 Å². The molecular formula is C36H52O2. The molecule has 4 aliphatic rings. The van der Waals surface area contributed by atoms with Gasteiger partial charge in [0.25, 0.3) is 0 Å². The van der Waals surface area contributed by atoms with E-state index in [-0.39, 0.29) is 12.1 Å². The molecule has 0 aromatic heterocycles. The largest absolute Gasteiger partial charge is 0.458 e. The highest BCUT2D eigenvalue weighted by molar-refractivity contribution is 5.89. The van der Waals surface area contributed by atoms with E-state index in [0.29, 0.717) is 16.4 Å². The number of allylic oxidation sites excluding steroid dienone is 1. The zero-order valence-corrected chi connectivity index (χ0v) is 24.8. The number of ether oxygens (including phenoxy) is 1. The molecule has 2 heteroatoms. The van der Waals surface area contributed by atoms with Gasteiger partial charge < -0.3 is 4.74 Å². The Balaban J connectivity index is 1.24. The molecule has 0 bridgehead atoms. The molecule has 0 heterocycles. The SMILES string of the molecule is C=Cc1ccc(C(=O)O[C@@H]2CC[C@@]3(C)C(=CC[C@H]4[C@@H]5CC[C@@H]([C@H](C)CCCC(C)C)[C@@]5(C)CC[C@@H]43)C2)cc1. The third kappa shape index (κ3) is 5.06. The Morgan fingerprint density at radius 1 is 1.03 bits per heavy atom. The van der Waals surface area contributed by atoms with Gasteiger partial charge in [0.05, 0.1) is 5.56 Å². The average molecular weight is 517 g/mol. The highest BCUT2D eigenvalue weighted by atomic mass is 16.5. The van der Waals surface area contributed by atoms with Gasteiger partial charge in [-0.25, -0.2) is 4.79 Å². The Labute approximate surface area is 232 Å². The van der Waals surface area contributed by atoms with Gasteiger partial charge in [-0.3, -0.25) is 0 Å². The van der Waals surface area contributed by atoms with Crippen molar-refractivity contribution in [3.8, 4) is 0 Å². The molecule has 0 saturated heterocycles. The lowest BCUT2D eigenvalue weighted by Gasteiger charge is -2.58. The van der Waals surface area contributed by atoms with Crippen LogP contribution >= 0.6 is 0 Å². The summed E-state index contributed by atoms with van der Waals surface area (Å²) in [7, 11) is 0. The van der Waals surface area contributed by atoms with Crippen molar-refractivity contribution in [3.63, 3.8) is 0 Å². The molecule has 0 unspecified atom stereocenters. The van der Waals surface area contributed by atoms with Gasteiger partial charge >= 0.3 is 5.97 Å². The van der Waals surface area contributed by atoms with Crippen LogP contribution in [0, 0.1) is 46.3 Å². The minimum Gasteiger partial charge on any atom is -0.458 e. The molecule has 0 radical (unpaired) electrons. The average Bonchev–Trinajstić information content (AvgIpc) is 3.26. The molecule has 0 aliphatic heterocycles. The number of fused-ring (bicyclic) bond motifs is 5. The first kappa shape index (κ1) is 27.7. The summed E-state index contributed by atoms with van der Waals surface area (Å²) in [6.07, 6.45) is 18.6. The Kier molecular flexibility index (Phi) is 8.01. The van der Waals surface area contributed by atoms with E-state index in [2.05, 4.69) is 47.3 Å². The Morgan fingerprint density at radius 3 is 2.50 bits per heavy atom. The molecule has 3 saturated carbocycles. The predicted molar refractivity (Wildman–Crippen MR) is 159 cm³/mol. The van der Waals surface area contributed by atoms with Crippen molar-refractivity contribution in [2.24, 2.45) is 46.3 Å². The summed E-state index contributed by atoms with van der Waals surface area (Å²) in [4.78, 5) is 12.9. The van der Waals surface area contributed by atoms with Gasteiger partial charge in [-0.2, -0.15) is 0 Å². The van der Waals surface area contributed by atoms with Gasteiger partial charge in [0.1, 0.15) is 6.10 Å². The number of rotatable bonds is 8. The van der Waals surface area contributed by atoms with Crippen LogP contribution in [0.2, 0.25) is 0 Å². The quantitative estimate of drug-likeness (QED) is 0.254. The van der Waals surface area contributed by atoms with E-state index in [4.69, 9.17) is 4.74 Å². The van der Waals surface area contributed by atoms with Crippen LogP contribution in [0.1, 0.15) is 121 Å². The molecule has 0 spiro atoms. The smallest absolute Gasteiger partial charge is 0.338 e. The van der Waals surface area contributed by atoms with Crippen LogP contribution in [0.15, 0.2) is 42.5 Å². The van der Waals surface area contributed by atoms with Crippen molar-refractivity contribution < 1.29 is 9.53 Å². The third-order valence-corrected chi connectivity index (χ3v) is 11.9. The maximum atomic E-state index is 12.9. The van der Waals surface area contributed by atoms with Crippen molar-refractivity contribution in [1.29, 1.82) is 0 Å². The summed E-state index contributed by atoms with van der Waals surface area (Å²) in [5, 5.41) is 0. The number of carbonyl (C=O) groups excluding carboxylic acids is 1. The summed E-state index contributed by atoms with van der Waals surface area (Å²) in [6, 6.07) is 7.58. The lowest BCUT2D eigenvalue weighted by Crippen LogP contribution is -2.51. The molecule has 3 fully saturated rings. The van der Waals surface area contributed by atoms with Crippen LogP contribution in [-0.4, -0.2) is 12.1 Å². The highest BCUT2D eigenvalue weighted by Gasteiger charge is 2.59. The van der Waals surface area contributed by atoms with Crippen LogP contribution in [0.3, 0.4) is 0 Å². The van der Waals surface area contributed by atoms with E-state index < -0.39 is 0 Å². The molecule has 208 valence electrons. The van der Waals surface area contributed by atoms with E-state index in [1.165, 1.54) is 51.4 Å². The van der Waals surface area contributed by atoms with Crippen LogP contribution < -0.4 is 0 Å². The minimum absolute atomic E-state index is 0.00821.